The number of aliphatic hydroxyl groups is 1. The molecule has 1 fully saturated rings. The predicted molar refractivity (Wildman–Crippen MR) is 64.2 cm³/mol. The highest BCUT2D eigenvalue weighted by molar-refractivity contribution is 6.31. The number of hydrogen-bond donors (Lipinski definition) is 2. The standard InChI is InChI=1S/C12H12ClNO4/c13-9-4-2-1-3-8(9)11(12(17)18)14-6-7(15)5-10(14)16/h1-4,7,11,15H,5-6H2,(H,17,18)/t7?,11-/m1/s1. The molecule has 0 radical (unpaired) electrons. The second-order valence-electron chi connectivity index (χ2n) is 4.17. The molecule has 0 saturated carbocycles. The summed E-state index contributed by atoms with van der Waals surface area (Å²) in [5.74, 6) is -1.54. The van der Waals surface area contributed by atoms with Crippen LogP contribution in [-0.4, -0.2) is 39.6 Å². The van der Waals surface area contributed by atoms with Crippen molar-refractivity contribution in [2.45, 2.75) is 18.6 Å². The summed E-state index contributed by atoms with van der Waals surface area (Å²) in [6, 6.07) is 5.34. The van der Waals surface area contributed by atoms with Gasteiger partial charge < -0.3 is 15.1 Å². The molecule has 0 aromatic heterocycles. The number of carbonyl (C=O) groups is 2. The van der Waals surface area contributed by atoms with Crippen molar-refractivity contribution in [2.75, 3.05) is 6.54 Å². The summed E-state index contributed by atoms with van der Waals surface area (Å²) in [6.45, 7) is 0.0149. The van der Waals surface area contributed by atoms with Crippen LogP contribution < -0.4 is 0 Å². The van der Waals surface area contributed by atoms with Gasteiger partial charge in [0, 0.05) is 17.1 Å². The number of amides is 1. The Balaban J connectivity index is 2.38. The number of rotatable bonds is 3. The van der Waals surface area contributed by atoms with Crippen LogP contribution in [0.25, 0.3) is 0 Å². The fourth-order valence-corrected chi connectivity index (χ4v) is 2.33. The SMILES string of the molecule is O=C(O)[C@@H](c1ccccc1Cl)N1CC(O)CC1=O. The third-order valence-corrected chi connectivity index (χ3v) is 3.23. The van der Waals surface area contributed by atoms with E-state index < -0.39 is 18.1 Å². The molecule has 1 unspecified atom stereocenters. The molecule has 2 atom stereocenters. The molecule has 0 aliphatic carbocycles. The van der Waals surface area contributed by atoms with E-state index in [0.29, 0.717) is 10.6 Å². The molecule has 1 aromatic carbocycles. The lowest BCUT2D eigenvalue weighted by molar-refractivity contribution is -0.148. The van der Waals surface area contributed by atoms with Gasteiger partial charge in [-0.2, -0.15) is 0 Å². The number of likely N-dealkylation sites (tertiary alicyclic amines) is 1. The average Bonchev–Trinajstić information content (AvgIpc) is 2.61. The number of carboxylic acids is 1. The van der Waals surface area contributed by atoms with Crippen LogP contribution in [0.15, 0.2) is 24.3 Å². The fraction of sp³-hybridized carbons (Fsp3) is 0.333. The van der Waals surface area contributed by atoms with Crippen LogP contribution in [0.1, 0.15) is 18.0 Å². The molecule has 96 valence electrons. The summed E-state index contributed by atoms with van der Waals surface area (Å²) in [5.41, 5.74) is 0.356. The number of carbonyl (C=O) groups excluding carboxylic acids is 1. The van der Waals surface area contributed by atoms with Crippen molar-refractivity contribution < 1.29 is 19.8 Å². The topological polar surface area (TPSA) is 77.8 Å². The fourth-order valence-electron chi connectivity index (χ4n) is 2.09. The normalized spacial score (nSPS) is 21.1. The van der Waals surface area contributed by atoms with Crippen LogP contribution in [0.3, 0.4) is 0 Å². The summed E-state index contributed by atoms with van der Waals surface area (Å²) in [5, 5.41) is 19.0. The van der Waals surface area contributed by atoms with E-state index in [4.69, 9.17) is 11.6 Å². The van der Waals surface area contributed by atoms with Crippen molar-refractivity contribution >= 4 is 23.5 Å². The van der Waals surface area contributed by atoms with E-state index in [-0.39, 0.29) is 18.9 Å². The number of halogens is 1. The Bertz CT molecular complexity index is 491. The summed E-state index contributed by atoms with van der Waals surface area (Å²) < 4.78 is 0. The first-order valence-corrected chi connectivity index (χ1v) is 5.83. The Morgan fingerprint density at radius 2 is 2.11 bits per heavy atom. The van der Waals surface area contributed by atoms with Gasteiger partial charge in [-0.25, -0.2) is 4.79 Å². The van der Waals surface area contributed by atoms with Crippen molar-refractivity contribution in [2.24, 2.45) is 0 Å². The van der Waals surface area contributed by atoms with Gasteiger partial charge in [0.25, 0.3) is 0 Å². The van der Waals surface area contributed by atoms with Gasteiger partial charge in [-0.05, 0) is 6.07 Å². The number of β-amino-alcohol motifs (C(OH)–C–C–N with tert-alkyl or cyclic N) is 1. The summed E-state index contributed by atoms with van der Waals surface area (Å²) >= 11 is 5.96. The molecule has 1 aliphatic rings. The maximum Gasteiger partial charge on any atom is 0.331 e. The molecule has 1 saturated heterocycles. The number of hydrogen-bond acceptors (Lipinski definition) is 3. The predicted octanol–water partition coefficient (Wildman–Crippen LogP) is 1.06. The zero-order valence-corrected chi connectivity index (χ0v) is 10.2. The first-order valence-electron chi connectivity index (χ1n) is 5.45. The minimum atomic E-state index is -1.16. The van der Waals surface area contributed by atoms with Crippen molar-refractivity contribution in [3.05, 3.63) is 34.9 Å². The first-order chi connectivity index (χ1) is 8.50. The summed E-state index contributed by atoms with van der Waals surface area (Å²) in [7, 11) is 0. The van der Waals surface area contributed by atoms with Crippen LogP contribution in [0.2, 0.25) is 5.02 Å². The lowest BCUT2D eigenvalue weighted by Gasteiger charge is -2.25. The van der Waals surface area contributed by atoms with Crippen molar-refractivity contribution in [3.63, 3.8) is 0 Å². The molecule has 0 bridgehead atoms. The molecule has 5 nitrogen and oxygen atoms in total. The Kier molecular flexibility index (Phi) is 3.54. The molecule has 1 aromatic rings. The largest absolute Gasteiger partial charge is 0.479 e. The molecule has 6 heteroatoms. The third kappa shape index (κ3) is 2.32. The van der Waals surface area contributed by atoms with Crippen LogP contribution in [-0.2, 0) is 9.59 Å². The molecule has 1 amide bonds. The Morgan fingerprint density at radius 1 is 1.44 bits per heavy atom. The lowest BCUT2D eigenvalue weighted by atomic mass is 10.1. The monoisotopic (exact) mass is 269 g/mol. The molecule has 1 heterocycles. The molecule has 2 rings (SSSR count). The van der Waals surface area contributed by atoms with Gasteiger partial charge in [-0.3, -0.25) is 4.79 Å². The van der Waals surface area contributed by atoms with Gasteiger partial charge in [0.1, 0.15) is 0 Å². The minimum absolute atomic E-state index is 0.0149. The summed E-state index contributed by atoms with van der Waals surface area (Å²) in [4.78, 5) is 24.2. The average molecular weight is 270 g/mol. The maximum absolute atomic E-state index is 11.7. The Labute approximate surface area is 109 Å². The van der Waals surface area contributed by atoms with E-state index in [0.717, 1.165) is 4.90 Å². The Hall–Kier alpha value is -1.59. The van der Waals surface area contributed by atoms with Gasteiger partial charge in [0.05, 0.1) is 12.5 Å². The molecule has 2 N–H and O–H groups in total. The Morgan fingerprint density at radius 3 is 2.61 bits per heavy atom. The van der Waals surface area contributed by atoms with Gasteiger partial charge in [-0.15, -0.1) is 0 Å². The second-order valence-corrected chi connectivity index (χ2v) is 4.57. The van der Waals surface area contributed by atoms with Gasteiger partial charge in [-0.1, -0.05) is 29.8 Å². The van der Waals surface area contributed by atoms with E-state index >= 15 is 0 Å². The number of aliphatic carboxylic acids is 1. The smallest absolute Gasteiger partial charge is 0.331 e. The van der Waals surface area contributed by atoms with Crippen LogP contribution >= 0.6 is 11.6 Å². The highest BCUT2D eigenvalue weighted by Gasteiger charge is 2.38. The molecular formula is C12H12ClNO4. The van der Waals surface area contributed by atoms with E-state index in [9.17, 15) is 19.8 Å². The third-order valence-electron chi connectivity index (χ3n) is 2.88. The van der Waals surface area contributed by atoms with E-state index in [1.54, 1.807) is 24.3 Å². The minimum Gasteiger partial charge on any atom is -0.479 e. The lowest BCUT2D eigenvalue weighted by Crippen LogP contribution is -2.35. The highest BCUT2D eigenvalue weighted by atomic mass is 35.5. The van der Waals surface area contributed by atoms with Crippen molar-refractivity contribution in [1.29, 1.82) is 0 Å². The summed E-state index contributed by atoms with van der Waals surface area (Å²) in [6.07, 6.45) is -0.865. The van der Waals surface area contributed by atoms with E-state index in [2.05, 4.69) is 0 Å². The van der Waals surface area contributed by atoms with Gasteiger partial charge in [0.2, 0.25) is 5.91 Å². The van der Waals surface area contributed by atoms with Crippen molar-refractivity contribution in [3.8, 4) is 0 Å². The zero-order chi connectivity index (χ0) is 13.3. The van der Waals surface area contributed by atoms with E-state index in [1.807, 2.05) is 0 Å². The highest BCUT2D eigenvalue weighted by Crippen LogP contribution is 2.30. The maximum atomic E-state index is 11.7. The first kappa shape index (κ1) is 12.9. The number of benzene rings is 1. The van der Waals surface area contributed by atoms with Crippen LogP contribution in [0.4, 0.5) is 0 Å². The van der Waals surface area contributed by atoms with Gasteiger partial charge in [0.15, 0.2) is 6.04 Å². The van der Waals surface area contributed by atoms with Crippen LogP contribution in [0.5, 0.6) is 0 Å². The number of carboxylic acid groups (broad SMARTS) is 1. The number of nitrogens with zero attached hydrogens (tertiary/aromatic N) is 1. The number of aliphatic hydroxyl groups excluding tert-OH is 1. The van der Waals surface area contributed by atoms with Crippen LogP contribution in [0, 0.1) is 0 Å². The molecule has 1 aliphatic heterocycles. The molecule has 0 spiro atoms. The van der Waals surface area contributed by atoms with Gasteiger partial charge >= 0.3 is 5.97 Å². The zero-order valence-electron chi connectivity index (χ0n) is 9.41. The quantitative estimate of drug-likeness (QED) is 0.860. The van der Waals surface area contributed by atoms with Crippen molar-refractivity contribution in [1.82, 2.24) is 4.90 Å². The molecular weight excluding hydrogens is 258 g/mol. The second kappa shape index (κ2) is 4.96. The van der Waals surface area contributed by atoms with E-state index in [1.165, 1.54) is 0 Å². The molecule has 18 heavy (non-hydrogen) atoms.